The van der Waals surface area contributed by atoms with Gasteiger partial charge in [0.15, 0.2) is 0 Å². The van der Waals surface area contributed by atoms with Crippen LogP contribution >= 0.6 is 0 Å². The first kappa shape index (κ1) is 13.1. The molecule has 6 nitrogen and oxygen atoms in total. The lowest BCUT2D eigenvalue weighted by atomic mass is 10.1. The minimum atomic E-state index is -0.387. The Morgan fingerprint density at radius 2 is 2.14 bits per heavy atom. The number of carbonyl (C=O) groups excluding carboxylic acids is 1. The zero-order valence-electron chi connectivity index (χ0n) is 11.5. The lowest BCUT2D eigenvalue weighted by molar-refractivity contribution is 0.0526. The van der Waals surface area contributed by atoms with Crippen molar-refractivity contribution in [2.45, 2.75) is 6.92 Å². The Morgan fingerprint density at radius 3 is 2.95 bits per heavy atom. The Morgan fingerprint density at radius 1 is 1.29 bits per heavy atom. The van der Waals surface area contributed by atoms with Crippen LogP contribution < -0.4 is 5.73 Å². The Hall–Kier alpha value is -2.89. The number of hydrogen-bond donors (Lipinski definition) is 1. The second kappa shape index (κ2) is 5.24. The van der Waals surface area contributed by atoms with Crippen molar-refractivity contribution in [3.8, 4) is 5.69 Å². The van der Waals surface area contributed by atoms with Gasteiger partial charge in [-0.1, -0.05) is 0 Å². The van der Waals surface area contributed by atoms with E-state index < -0.39 is 0 Å². The number of nitrogen functional groups attached to an aromatic ring is 1. The predicted molar refractivity (Wildman–Crippen MR) is 79.2 cm³/mol. The lowest BCUT2D eigenvalue weighted by Gasteiger charge is -2.08. The Balaban J connectivity index is 2.09. The maximum atomic E-state index is 11.7. The van der Waals surface area contributed by atoms with Crippen LogP contribution in [0.1, 0.15) is 17.3 Å². The molecule has 0 amide bonds. The molecule has 3 rings (SSSR count). The van der Waals surface area contributed by atoms with Crippen LogP contribution in [0.2, 0.25) is 0 Å². The van der Waals surface area contributed by atoms with Crippen LogP contribution in [0.25, 0.3) is 16.5 Å². The smallest absolute Gasteiger partial charge is 0.341 e. The number of ether oxygens (including phenoxy) is 1. The van der Waals surface area contributed by atoms with Crippen LogP contribution in [0.5, 0.6) is 0 Å². The molecule has 0 spiro atoms. The fraction of sp³-hybridized carbons (Fsp3) is 0.133. The molecule has 0 saturated heterocycles. The summed E-state index contributed by atoms with van der Waals surface area (Å²) in [5.74, 6) is -0.387. The summed E-state index contributed by atoms with van der Waals surface area (Å²) in [6, 6.07) is 5.51. The molecular formula is C15H14N4O2. The van der Waals surface area contributed by atoms with E-state index in [1.165, 1.54) is 6.20 Å². The van der Waals surface area contributed by atoms with Gasteiger partial charge in [0.1, 0.15) is 0 Å². The van der Waals surface area contributed by atoms with E-state index in [4.69, 9.17) is 10.5 Å². The molecule has 0 atom stereocenters. The number of benzene rings is 1. The molecule has 2 aromatic heterocycles. The fourth-order valence-corrected chi connectivity index (χ4v) is 2.17. The number of rotatable bonds is 3. The SMILES string of the molecule is CCOC(=O)c1cnn(-c2ccc(N)c3ccncc23)c1. The minimum absolute atomic E-state index is 0.332. The monoisotopic (exact) mass is 282 g/mol. The first-order chi connectivity index (χ1) is 10.2. The van der Waals surface area contributed by atoms with Crippen LogP contribution in [0.3, 0.4) is 0 Å². The molecule has 0 bridgehead atoms. The van der Waals surface area contributed by atoms with Crippen molar-refractivity contribution in [2.75, 3.05) is 12.3 Å². The zero-order valence-corrected chi connectivity index (χ0v) is 11.5. The number of anilines is 1. The van der Waals surface area contributed by atoms with E-state index in [-0.39, 0.29) is 5.97 Å². The van der Waals surface area contributed by atoms with Gasteiger partial charge in [-0.05, 0) is 25.1 Å². The summed E-state index contributed by atoms with van der Waals surface area (Å²) in [5, 5.41) is 5.99. The van der Waals surface area contributed by atoms with Crippen LogP contribution in [-0.4, -0.2) is 27.3 Å². The molecule has 1 aromatic carbocycles. The first-order valence-corrected chi connectivity index (χ1v) is 6.55. The molecule has 0 fully saturated rings. The van der Waals surface area contributed by atoms with Crippen molar-refractivity contribution >= 4 is 22.4 Å². The van der Waals surface area contributed by atoms with Crippen LogP contribution in [-0.2, 0) is 4.74 Å². The molecule has 0 saturated carbocycles. The molecule has 2 heterocycles. The maximum Gasteiger partial charge on any atom is 0.341 e. The zero-order chi connectivity index (χ0) is 14.8. The van der Waals surface area contributed by atoms with E-state index in [0.717, 1.165) is 16.5 Å². The average molecular weight is 282 g/mol. The van der Waals surface area contributed by atoms with Gasteiger partial charge in [-0.2, -0.15) is 5.10 Å². The molecule has 0 aliphatic rings. The summed E-state index contributed by atoms with van der Waals surface area (Å²) in [6.45, 7) is 2.10. The van der Waals surface area contributed by atoms with Gasteiger partial charge in [-0.3, -0.25) is 4.98 Å². The van der Waals surface area contributed by atoms with E-state index >= 15 is 0 Å². The number of aromatic nitrogens is 3. The highest BCUT2D eigenvalue weighted by Crippen LogP contribution is 2.26. The van der Waals surface area contributed by atoms with Gasteiger partial charge in [0, 0.05) is 35.1 Å². The van der Waals surface area contributed by atoms with E-state index in [0.29, 0.717) is 17.9 Å². The van der Waals surface area contributed by atoms with Gasteiger partial charge in [-0.25, -0.2) is 9.48 Å². The standard InChI is InChI=1S/C15H14N4O2/c1-2-21-15(20)10-7-18-19(9-10)14-4-3-13(16)11-5-6-17-8-12(11)14/h3-9H,2,16H2,1H3. The summed E-state index contributed by atoms with van der Waals surface area (Å²) in [4.78, 5) is 15.8. The van der Waals surface area contributed by atoms with E-state index in [1.54, 1.807) is 30.2 Å². The van der Waals surface area contributed by atoms with Crippen LogP contribution in [0, 0.1) is 0 Å². The van der Waals surface area contributed by atoms with Crippen LogP contribution in [0.4, 0.5) is 5.69 Å². The van der Waals surface area contributed by atoms with Crippen molar-refractivity contribution in [1.29, 1.82) is 0 Å². The topological polar surface area (TPSA) is 83.0 Å². The van der Waals surface area contributed by atoms with Crippen molar-refractivity contribution in [1.82, 2.24) is 14.8 Å². The molecule has 0 aliphatic heterocycles. The Bertz CT molecular complexity index is 810. The molecular weight excluding hydrogens is 268 g/mol. The third kappa shape index (κ3) is 2.31. The number of hydrogen-bond acceptors (Lipinski definition) is 5. The van der Waals surface area contributed by atoms with Crippen molar-refractivity contribution in [3.05, 3.63) is 48.5 Å². The minimum Gasteiger partial charge on any atom is -0.462 e. The number of fused-ring (bicyclic) bond motifs is 1. The third-order valence-corrected chi connectivity index (χ3v) is 3.17. The van der Waals surface area contributed by atoms with Crippen molar-refractivity contribution in [2.24, 2.45) is 0 Å². The van der Waals surface area contributed by atoms with E-state index in [2.05, 4.69) is 10.1 Å². The molecule has 0 unspecified atom stereocenters. The summed E-state index contributed by atoms with van der Waals surface area (Å²) in [7, 11) is 0. The summed E-state index contributed by atoms with van der Waals surface area (Å²) in [6.07, 6.45) is 6.54. The van der Waals surface area contributed by atoms with Gasteiger partial charge in [0.05, 0.1) is 24.1 Å². The van der Waals surface area contributed by atoms with Crippen molar-refractivity contribution < 1.29 is 9.53 Å². The third-order valence-electron chi connectivity index (χ3n) is 3.17. The van der Waals surface area contributed by atoms with Gasteiger partial charge in [-0.15, -0.1) is 0 Å². The summed E-state index contributed by atoms with van der Waals surface area (Å²) in [5.41, 5.74) is 7.86. The van der Waals surface area contributed by atoms with Crippen LogP contribution in [0.15, 0.2) is 43.0 Å². The van der Waals surface area contributed by atoms with E-state index in [9.17, 15) is 4.79 Å². The van der Waals surface area contributed by atoms with Gasteiger partial charge in [0.25, 0.3) is 0 Å². The highest BCUT2D eigenvalue weighted by molar-refractivity contribution is 5.98. The second-order valence-corrected chi connectivity index (χ2v) is 4.49. The summed E-state index contributed by atoms with van der Waals surface area (Å²) >= 11 is 0. The molecule has 0 aliphatic carbocycles. The van der Waals surface area contributed by atoms with E-state index in [1.807, 2.05) is 18.2 Å². The highest BCUT2D eigenvalue weighted by Gasteiger charge is 2.12. The Kier molecular flexibility index (Phi) is 3.27. The number of esters is 1. The molecule has 3 aromatic rings. The van der Waals surface area contributed by atoms with Crippen molar-refractivity contribution in [3.63, 3.8) is 0 Å². The largest absolute Gasteiger partial charge is 0.462 e. The fourth-order valence-electron chi connectivity index (χ4n) is 2.17. The molecule has 6 heteroatoms. The lowest BCUT2D eigenvalue weighted by Crippen LogP contribution is -2.03. The number of pyridine rings is 1. The average Bonchev–Trinajstić information content (AvgIpc) is 2.98. The number of nitrogens with zero attached hydrogens (tertiary/aromatic N) is 3. The normalized spacial score (nSPS) is 10.7. The van der Waals surface area contributed by atoms with Gasteiger partial charge < -0.3 is 10.5 Å². The Labute approximate surface area is 121 Å². The molecule has 106 valence electrons. The first-order valence-electron chi connectivity index (χ1n) is 6.55. The van der Waals surface area contributed by atoms with Gasteiger partial charge in [0.2, 0.25) is 0 Å². The predicted octanol–water partition coefficient (Wildman–Crippen LogP) is 2.18. The number of carbonyl (C=O) groups is 1. The summed E-state index contributed by atoms with van der Waals surface area (Å²) < 4.78 is 6.58. The second-order valence-electron chi connectivity index (χ2n) is 4.49. The highest BCUT2D eigenvalue weighted by atomic mass is 16.5. The van der Waals surface area contributed by atoms with Gasteiger partial charge >= 0.3 is 5.97 Å². The molecule has 2 N–H and O–H groups in total. The molecule has 21 heavy (non-hydrogen) atoms. The molecule has 0 radical (unpaired) electrons. The quantitative estimate of drug-likeness (QED) is 0.588. The maximum absolute atomic E-state index is 11.7. The number of nitrogens with two attached hydrogens (primary N) is 1.